The van der Waals surface area contributed by atoms with Crippen LogP contribution in [0.15, 0.2) is 27.1 Å². The van der Waals surface area contributed by atoms with E-state index in [0.29, 0.717) is 18.1 Å². The smallest absolute Gasteiger partial charge is 0.235 e. The highest BCUT2D eigenvalue weighted by atomic mass is 32.2. The SMILES string of the molecule is Cc1cc(NC(=O)CSCC(=O)N(C)Cc2ccc(C)o2)no1. The lowest BCUT2D eigenvalue weighted by Gasteiger charge is -2.15. The van der Waals surface area contributed by atoms with Crippen LogP contribution < -0.4 is 5.32 Å². The maximum Gasteiger partial charge on any atom is 0.235 e. The fourth-order valence-electron chi connectivity index (χ4n) is 1.84. The first-order chi connectivity index (χ1) is 10.9. The van der Waals surface area contributed by atoms with Crippen molar-refractivity contribution in [3.8, 4) is 0 Å². The molecule has 0 bridgehead atoms. The van der Waals surface area contributed by atoms with Gasteiger partial charge >= 0.3 is 0 Å². The van der Waals surface area contributed by atoms with Crippen molar-refractivity contribution < 1.29 is 18.5 Å². The Morgan fingerprint density at radius 3 is 2.65 bits per heavy atom. The predicted octanol–water partition coefficient (Wildman–Crippen LogP) is 2.21. The highest BCUT2D eigenvalue weighted by Crippen LogP contribution is 2.11. The zero-order valence-electron chi connectivity index (χ0n) is 13.3. The highest BCUT2D eigenvalue weighted by Gasteiger charge is 2.13. The van der Waals surface area contributed by atoms with Gasteiger partial charge in [0.2, 0.25) is 11.8 Å². The van der Waals surface area contributed by atoms with Crippen LogP contribution in [0.2, 0.25) is 0 Å². The van der Waals surface area contributed by atoms with E-state index in [1.54, 1.807) is 24.9 Å². The van der Waals surface area contributed by atoms with Crippen molar-refractivity contribution >= 4 is 29.4 Å². The summed E-state index contributed by atoms with van der Waals surface area (Å²) >= 11 is 1.25. The third-order valence-electron chi connectivity index (χ3n) is 2.97. The van der Waals surface area contributed by atoms with Crippen LogP contribution in [0.3, 0.4) is 0 Å². The number of amides is 2. The molecule has 2 heterocycles. The summed E-state index contributed by atoms with van der Waals surface area (Å²) in [4.78, 5) is 25.3. The van der Waals surface area contributed by atoms with Crippen molar-refractivity contribution in [2.75, 3.05) is 23.9 Å². The van der Waals surface area contributed by atoms with E-state index in [2.05, 4.69) is 10.5 Å². The van der Waals surface area contributed by atoms with Gasteiger partial charge in [-0.1, -0.05) is 5.16 Å². The largest absolute Gasteiger partial charge is 0.464 e. The van der Waals surface area contributed by atoms with E-state index < -0.39 is 0 Å². The number of nitrogens with zero attached hydrogens (tertiary/aromatic N) is 2. The normalized spacial score (nSPS) is 10.6. The van der Waals surface area contributed by atoms with Gasteiger partial charge in [0, 0.05) is 13.1 Å². The summed E-state index contributed by atoms with van der Waals surface area (Å²) in [6.07, 6.45) is 0. The summed E-state index contributed by atoms with van der Waals surface area (Å²) in [7, 11) is 1.71. The molecule has 0 aliphatic heterocycles. The number of aromatic nitrogens is 1. The molecule has 2 aromatic rings. The van der Waals surface area contributed by atoms with Gasteiger partial charge in [-0.25, -0.2) is 0 Å². The molecule has 0 radical (unpaired) electrons. The predicted molar refractivity (Wildman–Crippen MR) is 87.1 cm³/mol. The van der Waals surface area contributed by atoms with Crippen LogP contribution in [0.25, 0.3) is 0 Å². The second-order valence-electron chi connectivity index (χ2n) is 5.13. The van der Waals surface area contributed by atoms with Crippen molar-refractivity contribution in [3.05, 3.63) is 35.5 Å². The molecule has 2 amide bonds. The molecular formula is C15H19N3O4S. The van der Waals surface area contributed by atoms with Crippen molar-refractivity contribution in [1.29, 1.82) is 0 Å². The van der Waals surface area contributed by atoms with E-state index in [0.717, 1.165) is 11.5 Å². The van der Waals surface area contributed by atoms with Crippen LogP contribution in [-0.4, -0.2) is 40.4 Å². The van der Waals surface area contributed by atoms with Crippen LogP contribution in [0.1, 0.15) is 17.3 Å². The number of furan rings is 1. The Morgan fingerprint density at radius 1 is 1.26 bits per heavy atom. The number of hydrogen-bond acceptors (Lipinski definition) is 6. The van der Waals surface area contributed by atoms with E-state index in [1.807, 2.05) is 19.1 Å². The Bertz CT molecular complexity index is 680. The average molecular weight is 337 g/mol. The Morgan fingerprint density at radius 2 is 2.04 bits per heavy atom. The first-order valence-electron chi connectivity index (χ1n) is 7.04. The van der Waals surface area contributed by atoms with Gasteiger partial charge in [-0.15, -0.1) is 11.8 Å². The van der Waals surface area contributed by atoms with Gasteiger partial charge in [-0.05, 0) is 26.0 Å². The van der Waals surface area contributed by atoms with Crippen molar-refractivity contribution in [2.45, 2.75) is 20.4 Å². The molecule has 0 aromatic carbocycles. The zero-order valence-corrected chi connectivity index (χ0v) is 14.1. The van der Waals surface area contributed by atoms with Crippen molar-refractivity contribution in [2.24, 2.45) is 0 Å². The summed E-state index contributed by atoms with van der Waals surface area (Å²) in [5.74, 6) is 2.67. The van der Waals surface area contributed by atoms with E-state index in [1.165, 1.54) is 11.8 Å². The second-order valence-corrected chi connectivity index (χ2v) is 6.11. The number of anilines is 1. The van der Waals surface area contributed by atoms with E-state index >= 15 is 0 Å². The molecule has 2 rings (SSSR count). The van der Waals surface area contributed by atoms with Crippen LogP contribution in [0, 0.1) is 13.8 Å². The molecule has 1 N–H and O–H groups in total. The minimum Gasteiger partial charge on any atom is -0.464 e. The van der Waals surface area contributed by atoms with Gasteiger partial charge in [0.15, 0.2) is 5.82 Å². The minimum absolute atomic E-state index is 0.0610. The molecule has 0 saturated heterocycles. The molecule has 0 spiro atoms. The van der Waals surface area contributed by atoms with Gasteiger partial charge in [0.25, 0.3) is 0 Å². The average Bonchev–Trinajstić information content (AvgIpc) is 3.07. The lowest BCUT2D eigenvalue weighted by molar-refractivity contribution is -0.127. The first-order valence-corrected chi connectivity index (χ1v) is 8.19. The molecule has 124 valence electrons. The van der Waals surface area contributed by atoms with Crippen molar-refractivity contribution in [3.63, 3.8) is 0 Å². The lowest BCUT2D eigenvalue weighted by Crippen LogP contribution is -2.28. The van der Waals surface area contributed by atoms with Crippen LogP contribution in [-0.2, 0) is 16.1 Å². The van der Waals surface area contributed by atoms with Crippen LogP contribution >= 0.6 is 11.8 Å². The molecule has 0 aliphatic rings. The number of aryl methyl sites for hydroxylation is 2. The number of nitrogens with one attached hydrogen (secondary N) is 1. The molecule has 2 aromatic heterocycles. The molecule has 8 heteroatoms. The highest BCUT2D eigenvalue weighted by molar-refractivity contribution is 8.00. The third kappa shape index (κ3) is 5.48. The van der Waals surface area contributed by atoms with Gasteiger partial charge < -0.3 is 19.2 Å². The quantitative estimate of drug-likeness (QED) is 0.833. The third-order valence-corrected chi connectivity index (χ3v) is 3.89. The summed E-state index contributed by atoms with van der Waals surface area (Å²) in [5.41, 5.74) is 0. The fourth-order valence-corrected chi connectivity index (χ4v) is 2.59. The van der Waals surface area contributed by atoms with Crippen molar-refractivity contribution in [1.82, 2.24) is 10.1 Å². The first kappa shape index (κ1) is 17.1. The van der Waals surface area contributed by atoms with E-state index in [9.17, 15) is 9.59 Å². The summed E-state index contributed by atoms with van der Waals surface area (Å²) in [6.45, 7) is 4.01. The number of rotatable bonds is 7. The lowest BCUT2D eigenvalue weighted by atomic mass is 10.4. The molecular weight excluding hydrogens is 318 g/mol. The maximum atomic E-state index is 12.0. The number of thioether (sulfide) groups is 1. The topological polar surface area (TPSA) is 88.6 Å². The van der Waals surface area contributed by atoms with Gasteiger partial charge in [0.05, 0.1) is 18.1 Å². The zero-order chi connectivity index (χ0) is 16.8. The Labute approximate surface area is 138 Å². The molecule has 0 unspecified atom stereocenters. The maximum absolute atomic E-state index is 12.0. The summed E-state index contributed by atoms with van der Waals surface area (Å²) in [5, 5.41) is 6.28. The van der Waals surface area contributed by atoms with Gasteiger partial charge in [0.1, 0.15) is 17.3 Å². The summed E-state index contributed by atoms with van der Waals surface area (Å²) < 4.78 is 10.3. The van der Waals surface area contributed by atoms with Gasteiger partial charge in [-0.3, -0.25) is 9.59 Å². The number of carbonyl (C=O) groups excluding carboxylic acids is 2. The van der Waals surface area contributed by atoms with Gasteiger partial charge in [-0.2, -0.15) is 0 Å². The number of hydrogen-bond donors (Lipinski definition) is 1. The number of carbonyl (C=O) groups is 2. The molecule has 23 heavy (non-hydrogen) atoms. The minimum atomic E-state index is -0.222. The molecule has 0 fully saturated rings. The summed E-state index contributed by atoms with van der Waals surface area (Å²) in [6, 6.07) is 5.34. The Hall–Kier alpha value is -2.22. The second kappa shape index (κ2) is 7.87. The van der Waals surface area contributed by atoms with Crippen LogP contribution in [0.4, 0.5) is 5.82 Å². The van der Waals surface area contributed by atoms with Crippen LogP contribution in [0.5, 0.6) is 0 Å². The molecule has 0 saturated carbocycles. The monoisotopic (exact) mass is 337 g/mol. The molecule has 7 nitrogen and oxygen atoms in total. The molecule has 0 atom stereocenters. The van der Waals surface area contributed by atoms with E-state index in [4.69, 9.17) is 8.94 Å². The Kier molecular flexibility index (Phi) is 5.86. The Balaban J connectivity index is 1.68. The molecule has 0 aliphatic carbocycles. The fraction of sp³-hybridized carbons (Fsp3) is 0.400. The standard InChI is InChI=1S/C15H19N3O4S/c1-10-4-5-12(21-10)7-18(3)15(20)9-23-8-14(19)16-13-6-11(2)22-17-13/h4-6H,7-9H2,1-3H3,(H,16,17,19). The van der Waals surface area contributed by atoms with E-state index in [-0.39, 0.29) is 23.3 Å².